The zero-order valence-corrected chi connectivity index (χ0v) is 10.2. The molecule has 4 heteroatoms. The average Bonchev–Trinajstić information content (AvgIpc) is 2.67. The minimum Gasteiger partial charge on any atom is -0.393 e. The molecule has 0 radical (unpaired) electrons. The summed E-state index contributed by atoms with van der Waals surface area (Å²) < 4.78 is 7.08. The van der Waals surface area contributed by atoms with E-state index in [9.17, 15) is 5.11 Å². The van der Waals surface area contributed by atoms with Crippen LogP contribution in [0.2, 0.25) is 0 Å². The van der Waals surface area contributed by atoms with Gasteiger partial charge in [-0.05, 0) is 38.7 Å². The Hall–Kier alpha value is -0.870. The van der Waals surface area contributed by atoms with Crippen molar-refractivity contribution in [1.82, 2.24) is 9.78 Å². The van der Waals surface area contributed by atoms with Crippen LogP contribution in [0.1, 0.15) is 31.9 Å². The molecule has 0 spiro atoms. The third kappa shape index (κ3) is 4.77. The van der Waals surface area contributed by atoms with Gasteiger partial charge >= 0.3 is 0 Å². The maximum absolute atomic E-state index is 9.75. The molecule has 1 aromatic heterocycles. The highest BCUT2D eigenvalue weighted by Crippen LogP contribution is 2.08. The van der Waals surface area contributed by atoms with Crippen LogP contribution >= 0.6 is 0 Å². The number of ether oxygens (including phenoxy) is 1. The summed E-state index contributed by atoms with van der Waals surface area (Å²) in [6.07, 6.45) is 4.99. The van der Waals surface area contributed by atoms with Crippen LogP contribution in [0.4, 0.5) is 0 Å². The van der Waals surface area contributed by atoms with Crippen LogP contribution < -0.4 is 0 Å². The zero-order chi connectivity index (χ0) is 11.8. The second-order valence-corrected chi connectivity index (χ2v) is 3.98. The van der Waals surface area contributed by atoms with Crippen LogP contribution in [0.15, 0.2) is 12.3 Å². The Bertz CT molecular complexity index is 286. The summed E-state index contributed by atoms with van der Waals surface area (Å²) in [6.45, 7) is 3.49. The van der Waals surface area contributed by atoms with Gasteiger partial charge in [0.05, 0.1) is 6.10 Å². The number of aliphatic hydroxyl groups is 1. The average molecular weight is 226 g/mol. The van der Waals surface area contributed by atoms with Crippen molar-refractivity contribution in [2.24, 2.45) is 7.05 Å². The van der Waals surface area contributed by atoms with Crippen LogP contribution in [-0.4, -0.2) is 34.2 Å². The SMILES string of the molecule is CCOCCCC(O)CCc1ccnn1C. The van der Waals surface area contributed by atoms with Crippen molar-refractivity contribution in [3.8, 4) is 0 Å². The third-order valence-corrected chi connectivity index (χ3v) is 2.69. The fraction of sp³-hybridized carbons (Fsp3) is 0.750. The summed E-state index contributed by atoms with van der Waals surface area (Å²) in [5, 5.41) is 13.8. The van der Waals surface area contributed by atoms with E-state index in [2.05, 4.69) is 5.10 Å². The number of rotatable bonds is 8. The van der Waals surface area contributed by atoms with E-state index < -0.39 is 0 Å². The number of hydrogen-bond donors (Lipinski definition) is 1. The third-order valence-electron chi connectivity index (χ3n) is 2.69. The van der Waals surface area contributed by atoms with E-state index in [-0.39, 0.29) is 6.10 Å². The molecule has 0 aliphatic rings. The van der Waals surface area contributed by atoms with Crippen molar-refractivity contribution in [2.45, 2.75) is 38.7 Å². The Kier molecular flexibility index (Phi) is 6.11. The van der Waals surface area contributed by atoms with E-state index in [1.165, 1.54) is 5.69 Å². The number of aliphatic hydroxyl groups excluding tert-OH is 1. The molecule has 16 heavy (non-hydrogen) atoms. The van der Waals surface area contributed by atoms with Crippen LogP contribution in [0.25, 0.3) is 0 Å². The van der Waals surface area contributed by atoms with Crippen molar-refractivity contribution < 1.29 is 9.84 Å². The predicted octanol–water partition coefficient (Wildman–Crippen LogP) is 1.53. The molecular weight excluding hydrogens is 204 g/mol. The van der Waals surface area contributed by atoms with Crippen molar-refractivity contribution in [3.05, 3.63) is 18.0 Å². The maximum atomic E-state index is 9.75. The fourth-order valence-corrected chi connectivity index (χ4v) is 1.67. The number of aromatic nitrogens is 2. The molecule has 4 nitrogen and oxygen atoms in total. The van der Waals surface area contributed by atoms with Gasteiger partial charge < -0.3 is 9.84 Å². The Morgan fingerprint density at radius 3 is 2.94 bits per heavy atom. The normalized spacial score (nSPS) is 12.9. The van der Waals surface area contributed by atoms with Gasteiger partial charge in [-0.1, -0.05) is 0 Å². The lowest BCUT2D eigenvalue weighted by Gasteiger charge is -2.10. The first-order chi connectivity index (χ1) is 7.74. The quantitative estimate of drug-likeness (QED) is 0.684. The van der Waals surface area contributed by atoms with Gasteiger partial charge in [0.15, 0.2) is 0 Å². The van der Waals surface area contributed by atoms with Gasteiger partial charge in [-0.3, -0.25) is 4.68 Å². The first-order valence-corrected chi connectivity index (χ1v) is 5.96. The smallest absolute Gasteiger partial charge is 0.0544 e. The molecule has 1 atom stereocenters. The second kappa shape index (κ2) is 7.41. The minimum atomic E-state index is -0.227. The van der Waals surface area contributed by atoms with Gasteiger partial charge in [-0.15, -0.1) is 0 Å². The van der Waals surface area contributed by atoms with Crippen molar-refractivity contribution >= 4 is 0 Å². The summed E-state index contributed by atoms with van der Waals surface area (Å²) >= 11 is 0. The molecule has 0 aliphatic heterocycles. The largest absolute Gasteiger partial charge is 0.393 e. The predicted molar refractivity (Wildman–Crippen MR) is 63.3 cm³/mol. The lowest BCUT2D eigenvalue weighted by molar-refractivity contribution is 0.110. The highest BCUT2D eigenvalue weighted by molar-refractivity contribution is 4.99. The van der Waals surface area contributed by atoms with E-state index in [4.69, 9.17) is 4.74 Å². The molecular formula is C12H22N2O2. The Morgan fingerprint density at radius 1 is 1.50 bits per heavy atom. The number of nitrogens with zero attached hydrogens (tertiary/aromatic N) is 2. The molecule has 0 aliphatic carbocycles. The molecule has 1 heterocycles. The van der Waals surface area contributed by atoms with Gasteiger partial charge in [-0.25, -0.2) is 0 Å². The van der Waals surface area contributed by atoms with Gasteiger partial charge in [0.25, 0.3) is 0 Å². The topological polar surface area (TPSA) is 47.3 Å². The molecule has 1 rings (SSSR count). The van der Waals surface area contributed by atoms with Crippen LogP contribution in [0.5, 0.6) is 0 Å². The zero-order valence-electron chi connectivity index (χ0n) is 10.2. The molecule has 1 N–H and O–H groups in total. The molecule has 1 unspecified atom stereocenters. The molecule has 0 aromatic carbocycles. The molecule has 1 aromatic rings. The first kappa shape index (κ1) is 13.2. The van der Waals surface area contributed by atoms with E-state index in [0.29, 0.717) is 0 Å². The summed E-state index contributed by atoms with van der Waals surface area (Å²) in [6, 6.07) is 1.99. The van der Waals surface area contributed by atoms with E-state index >= 15 is 0 Å². The van der Waals surface area contributed by atoms with E-state index in [1.54, 1.807) is 6.20 Å². The summed E-state index contributed by atoms with van der Waals surface area (Å²) in [7, 11) is 1.93. The van der Waals surface area contributed by atoms with Crippen molar-refractivity contribution in [2.75, 3.05) is 13.2 Å². The Balaban J connectivity index is 2.10. The van der Waals surface area contributed by atoms with Gasteiger partial charge in [-0.2, -0.15) is 5.10 Å². The van der Waals surface area contributed by atoms with Crippen molar-refractivity contribution in [1.29, 1.82) is 0 Å². The minimum absolute atomic E-state index is 0.227. The monoisotopic (exact) mass is 226 g/mol. The highest BCUT2D eigenvalue weighted by atomic mass is 16.5. The standard InChI is InChI=1S/C12H22N2O2/c1-3-16-10-4-5-12(15)7-6-11-8-9-13-14(11)2/h8-9,12,15H,3-7,10H2,1-2H3. The van der Waals surface area contributed by atoms with Crippen molar-refractivity contribution in [3.63, 3.8) is 0 Å². The highest BCUT2D eigenvalue weighted by Gasteiger charge is 2.06. The lowest BCUT2D eigenvalue weighted by atomic mass is 10.1. The van der Waals surface area contributed by atoms with E-state index in [0.717, 1.165) is 38.9 Å². The molecule has 0 bridgehead atoms. The summed E-state index contributed by atoms with van der Waals surface area (Å²) in [5.74, 6) is 0. The van der Waals surface area contributed by atoms with Crippen LogP contribution in [0, 0.1) is 0 Å². The second-order valence-electron chi connectivity index (χ2n) is 3.98. The first-order valence-electron chi connectivity index (χ1n) is 5.96. The summed E-state index contributed by atoms with van der Waals surface area (Å²) in [5.41, 5.74) is 1.17. The van der Waals surface area contributed by atoms with Gasteiger partial charge in [0.2, 0.25) is 0 Å². The lowest BCUT2D eigenvalue weighted by Crippen LogP contribution is -2.11. The maximum Gasteiger partial charge on any atom is 0.0544 e. The fourth-order valence-electron chi connectivity index (χ4n) is 1.67. The van der Waals surface area contributed by atoms with Gasteiger partial charge in [0, 0.05) is 32.2 Å². The van der Waals surface area contributed by atoms with Gasteiger partial charge in [0.1, 0.15) is 0 Å². The molecule has 0 amide bonds. The van der Waals surface area contributed by atoms with Crippen LogP contribution in [0.3, 0.4) is 0 Å². The summed E-state index contributed by atoms with van der Waals surface area (Å²) in [4.78, 5) is 0. The number of hydrogen-bond acceptors (Lipinski definition) is 3. The molecule has 0 saturated carbocycles. The van der Waals surface area contributed by atoms with E-state index in [1.807, 2.05) is 24.7 Å². The Morgan fingerprint density at radius 2 is 2.31 bits per heavy atom. The molecule has 92 valence electrons. The van der Waals surface area contributed by atoms with Crippen LogP contribution in [-0.2, 0) is 18.2 Å². The molecule has 0 saturated heterocycles. The Labute approximate surface area is 97.2 Å². The molecule has 0 fully saturated rings. The number of aryl methyl sites for hydroxylation is 2.